The highest BCUT2D eigenvalue weighted by Gasteiger charge is 2.16. The van der Waals surface area contributed by atoms with Gasteiger partial charge >= 0.3 is 0 Å². The SMILES string of the molecule is Cc1noc(C)c1C(O)CBr. The first kappa shape index (κ1) is 8.74. The first-order chi connectivity index (χ1) is 5.16. The van der Waals surface area contributed by atoms with Gasteiger partial charge in [0.15, 0.2) is 0 Å². The van der Waals surface area contributed by atoms with E-state index in [2.05, 4.69) is 21.1 Å². The molecule has 0 aliphatic heterocycles. The second kappa shape index (κ2) is 3.36. The van der Waals surface area contributed by atoms with E-state index in [9.17, 15) is 5.11 Å². The van der Waals surface area contributed by atoms with Crippen LogP contribution in [0.5, 0.6) is 0 Å². The molecule has 1 heterocycles. The molecule has 0 spiro atoms. The summed E-state index contributed by atoms with van der Waals surface area (Å²) < 4.78 is 4.89. The van der Waals surface area contributed by atoms with Crippen molar-refractivity contribution in [2.24, 2.45) is 0 Å². The van der Waals surface area contributed by atoms with Crippen molar-refractivity contribution in [1.29, 1.82) is 0 Å². The molecule has 0 saturated heterocycles. The first-order valence-electron chi connectivity index (χ1n) is 3.33. The minimum Gasteiger partial charge on any atom is -0.387 e. The zero-order valence-corrected chi connectivity index (χ0v) is 8.05. The molecule has 0 fully saturated rings. The Hall–Kier alpha value is -0.350. The number of hydrogen-bond acceptors (Lipinski definition) is 3. The Morgan fingerprint density at radius 1 is 1.64 bits per heavy atom. The Morgan fingerprint density at radius 2 is 2.27 bits per heavy atom. The van der Waals surface area contributed by atoms with Gasteiger partial charge in [0.1, 0.15) is 5.76 Å². The minimum atomic E-state index is -0.513. The molecule has 3 nitrogen and oxygen atoms in total. The van der Waals surface area contributed by atoms with Crippen molar-refractivity contribution >= 4 is 15.9 Å². The lowest BCUT2D eigenvalue weighted by atomic mass is 10.1. The number of nitrogens with zero attached hydrogens (tertiary/aromatic N) is 1. The average Bonchev–Trinajstić information content (AvgIpc) is 2.30. The molecule has 0 radical (unpaired) electrons. The van der Waals surface area contributed by atoms with E-state index >= 15 is 0 Å². The summed E-state index contributed by atoms with van der Waals surface area (Å²) >= 11 is 3.19. The number of aryl methyl sites for hydroxylation is 2. The van der Waals surface area contributed by atoms with Crippen LogP contribution in [0.3, 0.4) is 0 Å². The third-order valence-corrected chi connectivity index (χ3v) is 2.18. The third-order valence-electron chi connectivity index (χ3n) is 1.57. The lowest BCUT2D eigenvalue weighted by Gasteiger charge is -2.04. The van der Waals surface area contributed by atoms with Gasteiger partial charge in [0.25, 0.3) is 0 Å². The summed E-state index contributed by atoms with van der Waals surface area (Å²) in [7, 11) is 0. The van der Waals surface area contributed by atoms with E-state index in [1.165, 1.54) is 0 Å². The van der Waals surface area contributed by atoms with E-state index in [0.717, 1.165) is 11.3 Å². The summed E-state index contributed by atoms with van der Waals surface area (Å²) in [6.45, 7) is 3.61. The summed E-state index contributed by atoms with van der Waals surface area (Å²) in [6, 6.07) is 0. The van der Waals surface area contributed by atoms with Crippen LogP contribution in [0, 0.1) is 13.8 Å². The summed E-state index contributed by atoms with van der Waals surface area (Å²) in [6.07, 6.45) is -0.513. The highest BCUT2D eigenvalue weighted by molar-refractivity contribution is 9.09. The Bertz CT molecular complexity index is 227. The molecule has 1 N–H and O–H groups in total. The van der Waals surface area contributed by atoms with Crippen molar-refractivity contribution < 1.29 is 9.63 Å². The van der Waals surface area contributed by atoms with Gasteiger partial charge in [0, 0.05) is 10.9 Å². The van der Waals surface area contributed by atoms with Gasteiger partial charge in [-0.2, -0.15) is 0 Å². The second-order valence-electron chi connectivity index (χ2n) is 2.41. The molecular formula is C7H10BrNO2. The zero-order chi connectivity index (χ0) is 8.43. The van der Waals surface area contributed by atoms with Gasteiger partial charge in [-0.1, -0.05) is 21.1 Å². The van der Waals surface area contributed by atoms with Gasteiger partial charge in [-0.3, -0.25) is 0 Å². The molecule has 1 atom stereocenters. The predicted molar refractivity (Wildman–Crippen MR) is 44.7 cm³/mol. The third kappa shape index (κ3) is 1.62. The highest BCUT2D eigenvalue weighted by atomic mass is 79.9. The number of halogens is 1. The molecule has 0 amide bonds. The van der Waals surface area contributed by atoms with Crippen molar-refractivity contribution in [2.45, 2.75) is 20.0 Å². The highest BCUT2D eigenvalue weighted by Crippen LogP contribution is 2.22. The molecule has 11 heavy (non-hydrogen) atoms. The molecule has 1 aromatic rings. The van der Waals surface area contributed by atoms with Crippen LogP contribution in [-0.4, -0.2) is 15.6 Å². The maximum atomic E-state index is 9.43. The van der Waals surface area contributed by atoms with Crippen LogP contribution >= 0.6 is 15.9 Å². The van der Waals surface area contributed by atoms with E-state index in [-0.39, 0.29) is 0 Å². The van der Waals surface area contributed by atoms with Gasteiger partial charge in [-0.05, 0) is 13.8 Å². The summed E-state index contributed by atoms with van der Waals surface area (Å²) in [5.41, 5.74) is 1.55. The fraction of sp³-hybridized carbons (Fsp3) is 0.571. The molecule has 4 heteroatoms. The van der Waals surface area contributed by atoms with Crippen molar-refractivity contribution in [3.63, 3.8) is 0 Å². The molecule has 1 aromatic heterocycles. The smallest absolute Gasteiger partial charge is 0.139 e. The maximum Gasteiger partial charge on any atom is 0.139 e. The molecule has 0 aromatic carbocycles. The second-order valence-corrected chi connectivity index (χ2v) is 3.06. The van der Waals surface area contributed by atoms with E-state index in [4.69, 9.17) is 4.52 Å². The van der Waals surface area contributed by atoms with Crippen LogP contribution in [0.4, 0.5) is 0 Å². The lowest BCUT2D eigenvalue weighted by Crippen LogP contribution is -2.00. The topological polar surface area (TPSA) is 46.3 Å². The normalized spacial score (nSPS) is 13.5. The van der Waals surface area contributed by atoms with Crippen LogP contribution in [0.1, 0.15) is 23.1 Å². The van der Waals surface area contributed by atoms with Gasteiger partial charge in [-0.25, -0.2) is 0 Å². The number of aliphatic hydroxyl groups excluding tert-OH is 1. The maximum absolute atomic E-state index is 9.43. The van der Waals surface area contributed by atoms with Gasteiger partial charge in [0.2, 0.25) is 0 Å². The molecule has 62 valence electrons. The molecule has 0 saturated carbocycles. The van der Waals surface area contributed by atoms with Crippen LogP contribution < -0.4 is 0 Å². The van der Waals surface area contributed by atoms with E-state index < -0.39 is 6.10 Å². The quantitative estimate of drug-likeness (QED) is 0.772. The molecule has 0 bridgehead atoms. The van der Waals surface area contributed by atoms with Crippen molar-refractivity contribution in [3.8, 4) is 0 Å². The van der Waals surface area contributed by atoms with Crippen molar-refractivity contribution in [2.75, 3.05) is 5.33 Å². The number of aliphatic hydroxyl groups is 1. The first-order valence-corrected chi connectivity index (χ1v) is 4.45. The molecule has 1 unspecified atom stereocenters. The molecular weight excluding hydrogens is 210 g/mol. The van der Waals surface area contributed by atoms with Crippen LogP contribution in [0.25, 0.3) is 0 Å². The van der Waals surface area contributed by atoms with Gasteiger partial charge in [-0.15, -0.1) is 0 Å². The number of alkyl halides is 1. The van der Waals surface area contributed by atoms with Crippen LogP contribution in [0.2, 0.25) is 0 Å². The number of hydrogen-bond donors (Lipinski definition) is 1. The van der Waals surface area contributed by atoms with E-state index in [0.29, 0.717) is 11.1 Å². The Balaban J connectivity index is 3.00. The monoisotopic (exact) mass is 219 g/mol. The standard InChI is InChI=1S/C7H10BrNO2/c1-4-7(6(10)3-8)5(2)11-9-4/h6,10H,3H2,1-2H3. The molecule has 1 rings (SSSR count). The lowest BCUT2D eigenvalue weighted by molar-refractivity contribution is 0.202. The van der Waals surface area contributed by atoms with E-state index in [1.807, 2.05) is 6.92 Å². The van der Waals surface area contributed by atoms with Crippen LogP contribution in [-0.2, 0) is 0 Å². The van der Waals surface area contributed by atoms with Gasteiger partial charge in [0.05, 0.1) is 11.8 Å². The van der Waals surface area contributed by atoms with E-state index in [1.54, 1.807) is 6.92 Å². The van der Waals surface area contributed by atoms with Crippen molar-refractivity contribution in [1.82, 2.24) is 5.16 Å². The largest absolute Gasteiger partial charge is 0.387 e. The summed E-state index contributed by atoms with van der Waals surface area (Å²) in [5, 5.41) is 13.7. The van der Waals surface area contributed by atoms with Gasteiger partial charge < -0.3 is 9.63 Å². The molecule has 0 aliphatic rings. The summed E-state index contributed by atoms with van der Waals surface area (Å²) in [5.74, 6) is 0.689. The predicted octanol–water partition coefficient (Wildman–Crippen LogP) is 1.72. The number of aromatic nitrogens is 1. The minimum absolute atomic E-state index is 0.510. The van der Waals surface area contributed by atoms with Crippen LogP contribution in [0.15, 0.2) is 4.52 Å². The Morgan fingerprint density at radius 3 is 2.64 bits per heavy atom. The molecule has 0 aliphatic carbocycles. The average molecular weight is 220 g/mol. The fourth-order valence-electron chi connectivity index (χ4n) is 1.04. The Labute approximate surface area is 73.5 Å². The zero-order valence-electron chi connectivity index (χ0n) is 6.47. The summed E-state index contributed by atoms with van der Waals surface area (Å²) in [4.78, 5) is 0. The number of rotatable bonds is 2. The fourth-order valence-corrected chi connectivity index (χ4v) is 1.37. The Kier molecular flexibility index (Phi) is 2.67. The van der Waals surface area contributed by atoms with Crippen molar-refractivity contribution in [3.05, 3.63) is 17.0 Å².